The molecule has 3 aliphatic carbocycles. The Hall–Kier alpha value is -6.58. The molecular weight excluding hydrogens is 916 g/mol. The number of hydrogen-bond acceptors (Lipinski definition) is 2. The summed E-state index contributed by atoms with van der Waals surface area (Å²) in [5.41, 5.74) is 27.6. The summed E-state index contributed by atoms with van der Waals surface area (Å²) in [4.78, 5) is 5.00. The Morgan fingerprint density at radius 3 is 1.63 bits per heavy atom. The third kappa shape index (κ3) is 7.12. The Kier molecular flexibility index (Phi) is 9.74. The smallest absolute Gasteiger partial charge is 0.252 e. The molecule has 76 heavy (non-hydrogen) atoms. The first-order valence-corrected chi connectivity index (χ1v) is 28.3. The summed E-state index contributed by atoms with van der Waals surface area (Å²) in [5, 5.41) is 0. The lowest BCUT2D eigenvalue weighted by atomic mass is 9.33. The molecule has 0 saturated heterocycles. The minimum atomic E-state index is -2.41. The van der Waals surface area contributed by atoms with Crippen LogP contribution in [0.2, 0.25) is 0 Å². The predicted octanol–water partition coefficient (Wildman–Crippen LogP) is 18.0. The van der Waals surface area contributed by atoms with Crippen LogP contribution in [-0.2, 0) is 32.5 Å². The topological polar surface area (TPSA) is 6.48 Å². The van der Waals surface area contributed by atoms with Gasteiger partial charge in [0.15, 0.2) is 0 Å². The van der Waals surface area contributed by atoms with Crippen LogP contribution in [0.3, 0.4) is 0 Å². The van der Waals surface area contributed by atoms with Crippen molar-refractivity contribution in [1.29, 1.82) is 0 Å². The van der Waals surface area contributed by atoms with Crippen LogP contribution in [0.15, 0.2) is 146 Å². The number of hydrogen-bond donors (Lipinski definition) is 0. The van der Waals surface area contributed by atoms with E-state index in [0.717, 1.165) is 82.0 Å². The molecule has 3 heteroatoms. The van der Waals surface area contributed by atoms with Crippen LogP contribution in [0.25, 0.3) is 33.4 Å². The average molecular weight is 996 g/mol. The molecule has 5 aliphatic rings. The molecule has 0 N–H and O–H groups in total. The van der Waals surface area contributed by atoms with Gasteiger partial charge in [-0.2, -0.15) is 0 Å². The molecule has 382 valence electrons. The standard InChI is InChI=1S/C73H77BN2/c1-44-36-64-67-65(37-44)76(61-42-56-54(38-45(61)2)69(6,7)32-34-71(56,10)11)62-39-47(49-25-21-27-53-66(49)50-24-19-20-26-52(50)73(53,14)15)28-30-58(62)74(67)59-41-55-57(72(12,13)35-33-70(55,8)9)43-63(59)75(64)60-31-29-48(68(3,4)5)40-51(60)46-22-17-16-18-23-46/h16-31,36-43H,32-35H2,1-15H3/i1D3. The Morgan fingerprint density at radius 1 is 0.434 bits per heavy atom. The summed E-state index contributed by atoms with van der Waals surface area (Å²) in [6.07, 6.45) is 4.37. The minimum absolute atomic E-state index is 0.00893. The van der Waals surface area contributed by atoms with Crippen molar-refractivity contribution >= 4 is 57.2 Å². The van der Waals surface area contributed by atoms with Crippen molar-refractivity contribution in [2.75, 3.05) is 9.80 Å². The van der Waals surface area contributed by atoms with Gasteiger partial charge in [-0.25, -0.2) is 0 Å². The quantitative estimate of drug-likeness (QED) is 0.162. The van der Waals surface area contributed by atoms with Crippen molar-refractivity contribution in [3.8, 4) is 33.4 Å². The van der Waals surface area contributed by atoms with Crippen molar-refractivity contribution in [2.24, 2.45) is 0 Å². The fourth-order valence-electron chi connectivity index (χ4n) is 14.7. The SMILES string of the molecule is [2H]C([2H])([2H])c1cc2c3c(c1)N(c1ccc(C(C)(C)C)cc1-c1ccccc1)c1cc4c(cc1B3c1ccc(-c3cccc5c3-c3ccccc3C5(C)C)cc1N2c1cc2c(cc1C)C(C)(C)CCC2(C)C)C(C)(C)CCC4(C)C. The summed E-state index contributed by atoms with van der Waals surface area (Å²) in [6.45, 7) is 30.6. The second kappa shape index (κ2) is 16.2. The molecule has 8 aromatic carbocycles. The molecule has 0 bridgehead atoms. The third-order valence-electron chi connectivity index (χ3n) is 19.6. The monoisotopic (exact) mass is 996 g/mol. The highest BCUT2D eigenvalue weighted by molar-refractivity contribution is 7.00. The van der Waals surface area contributed by atoms with E-state index in [0.29, 0.717) is 5.56 Å². The van der Waals surface area contributed by atoms with Crippen LogP contribution < -0.4 is 26.2 Å². The number of nitrogens with zero attached hydrogens (tertiary/aromatic N) is 2. The Balaban J connectivity index is 1.18. The van der Waals surface area contributed by atoms with E-state index >= 15 is 0 Å². The van der Waals surface area contributed by atoms with E-state index in [1.807, 2.05) is 6.07 Å². The van der Waals surface area contributed by atoms with Crippen molar-refractivity contribution in [2.45, 2.75) is 162 Å². The molecule has 0 radical (unpaired) electrons. The van der Waals surface area contributed by atoms with Gasteiger partial charge < -0.3 is 9.80 Å². The number of aryl methyl sites for hydroxylation is 2. The van der Waals surface area contributed by atoms with Crippen molar-refractivity contribution in [1.82, 2.24) is 0 Å². The first-order valence-electron chi connectivity index (χ1n) is 29.8. The van der Waals surface area contributed by atoms with Crippen molar-refractivity contribution in [3.05, 3.63) is 196 Å². The van der Waals surface area contributed by atoms with Crippen molar-refractivity contribution in [3.63, 3.8) is 0 Å². The van der Waals surface area contributed by atoms with Gasteiger partial charge in [-0.15, -0.1) is 0 Å². The Morgan fingerprint density at radius 2 is 0.987 bits per heavy atom. The molecule has 2 heterocycles. The van der Waals surface area contributed by atoms with E-state index in [-0.39, 0.29) is 39.2 Å². The summed E-state index contributed by atoms with van der Waals surface area (Å²) in [5.74, 6) is 0. The van der Waals surface area contributed by atoms with E-state index in [4.69, 9.17) is 0 Å². The van der Waals surface area contributed by atoms with Gasteiger partial charge in [-0.05, 0) is 203 Å². The molecule has 0 amide bonds. The first-order chi connectivity index (χ1) is 37.1. The Labute approximate surface area is 459 Å². The molecule has 0 fully saturated rings. The van der Waals surface area contributed by atoms with Crippen LogP contribution in [0, 0.1) is 13.8 Å². The van der Waals surface area contributed by atoms with E-state index in [2.05, 4.69) is 246 Å². The minimum Gasteiger partial charge on any atom is -0.311 e. The van der Waals surface area contributed by atoms with Crippen LogP contribution in [0.5, 0.6) is 0 Å². The summed E-state index contributed by atoms with van der Waals surface area (Å²) in [7, 11) is 0. The molecule has 13 rings (SSSR count). The highest BCUT2D eigenvalue weighted by Gasteiger charge is 2.48. The van der Waals surface area contributed by atoms with Crippen LogP contribution >= 0.6 is 0 Å². The van der Waals surface area contributed by atoms with Gasteiger partial charge in [-0.3, -0.25) is 0 Å². The van der Waals surface area contributed by atoms with Crippen molar-refractivity contribution < 1.29 is 4.11 Å². The largest absolute Gasteiger partial charge is 0.311 e. The Bertz CT molecular complexity index is 3880. The maximum atomic E-state index is 9.42. The lowest BCUT2D eigenvalue weighted by Gasteiger charge is -2.48. The van der Waals surface area contributed by atoms with Crippen LogP contribution in [0.1, 0.15) is 170 Å². The molecule has 0 saturated carbocycles. The van der Waals surface area contributed by atoms with Gasteiger partial charge in [0.25, 0.3) is 6.71 Å². The molecule has 2 nitrogen and oxygen atoms in total. The predicted molar refractivity (Wildman–Crippen MR) is 328 cm³/mol. The molecule has 2 aliphatic heterocycles. The fraction of sp³-hybridized carbons (Fsp3) is 0.342. The van der Waals surface area contributed by atoms with E-state index in [1.54, 1.807) is 0 Å². The number of rotatable bonds is 4. The third-order valence-corrected chi connectivity index (χ3v) is 19.6. The highest BCUT2D eigenvalue weighted by Crippen LogP contribution is 2.56. The number of fused-ring (bicyclic) bond motifs is 9. The van der Waals surface area contributed by atoms with Gasteiger partial charge in [0.05, 0.1) is 5.69 Å². The molecule has 0 aromatic heterocycles. The fourth-order valence-corrected chi connectivity index (χ4v) is 14.7. The maximum absolute atomic E-state index is 9.42. The van der Waals surface area contributed by atoms with Gasteiger partial charge >= 0.3 is 0 Å². The zero-order valence-corrected chi connectivity index (χ0v) is 47.7. The highest BCUT2D eigenvalue weighted by atomic mass is 15.2. The normalized spacial score (nSPS) is 19.2. The lowest BCUT2D eigenvalue weighted by molar-refractivity contribution is 0.332. The molecule has 0 unspecified atom stereocenters. The van der Waals surface area contributed by atoms with E-state index in [1.165, 1.54) is 72.1 Å². The molecular formula is C73H77BN2. The summed E-state index contributed by atoms with van der Waals surface area (Å²) >= 11 is 0. The maximum Gasteiger partial charge on any atom is 0.252 e. The lowest BCUT2D eigenvalue weighted by Crippen LogP contribution is -2.62. The summed E-state index contributed by atoms with van der Waals surface area (Å²) in [6, 6.07) is 55.2. The second-order valence-electron chi connectivity index (χ2n) is 27.7. The van der Waals surface area contributed by atoms with Gasteiger partial charge in [0.1, 0.15) is 0 Å². The number of anilines is 6. The second-order valence-corrected chi connectivity index (χ2v) is 27.7. The molecule has 0 atom stereocenters. The average Bonchev–Trinajstić information content (AvgIpc) is 2.67. The van der Waals surface area contributed by atoms with E-state index in [9.17, 15) is 4.11 Å². The number of benzene rings is 8. The summed E-state index contributed by atoms with van der Waals surface area (Å²) < 4.78 is 28.3. The van der Waals surface area contributed by atoms with Gasteiger partial charge in [-0.1, -0.05) is 193 Å². The molecule has 0 spiro atoms. The van der Waals surface area contributed by atoms with Gasteiger partial charge in [0.2, 0.25) is 0 Å². The first kappa shape index (κ1) is 45.6. The van der Waals surface area contributed by atoms with Gasteiger partial charge in [0, 0.05) is 43.5 Å². The molecule has 8 aromatic rings. The van der Waals surface area contributed by atoms with E-state index < -0.39 is 6.85 Å². The zero-order chi connectivity index (χ0) is 55.9. The van der Waals surface area contributed by atoms with Crippen LogP contribution in [-0.4, -0.2) is 6.71 Å². The van der Waals surface area contributed by atoms with Crippen LogP contribution in [0.4, 0.5) is 34.1 Å². The zero-order valence-electron chi connectivity index (χ0n) is 50.7.